The third-order valence-electron chi connectivity index (χ3n) is 3.10. The van der Waals surface area contributed by atoms with E-state index >= 15 is 0 Å². The number of hydrogen-bond acceptors (Lipinski definition) is 0. The number of hydrogen-bond donors (Lipinski definition) is 1. The van der Waals surface area contributed by atoms with Gasteiger partial charge in [-0.15, -0.1) is 0 Å². The number of aromatic amines is 1. The molecular weight excluding hydrogens is 251 g/mol. The molecule has 1 N–H and O–H groups in total. The summed E-state index contributed by atoms with van der Waals surface area (Å²) in [6.45, 7) is 0. The van der Waals surface area contributed by atoms with Crippen LogP contribution in [0.25, 0.3) is 22.0 Å². The Labute approximate surface area is 107 Å². The standard InChI is InChI=1S/C15H10F3N/c16-15(17,18)12-7-4-8-13-14(12)11(9-19-13)10-5-2-1-3-6-10/h1-9,19H. The Bertz CT molecular complexity index is 711. The van der Waals surface area contributed by atoms with Crippen molar-refractivity contribution < 1.29 is 13.2 Å². The van der Waals surface area contributed by atoms with Crippen molar-refractivity contribution in [1.82, 2.24) is 4.98 Å². The Morgan fingerprint density at radius 3 is 2.26 bits per heavy atom. The number of benzene rings is 2. The molecule has 19 heavy (non-hydrogen) atoms. The second-order valence-corrected chi connectivity index (χ2v) is 4.29. The number of rotatable bonds is 1. The van der Waals surface area contributed by atoms with E-state index < -0.39 is 11.7 Å². The fourth-order valence-corrected chi connectivity index (χ4v) is 2.27. The van der Waals surface area contributed by atoms with E-state index in [9.17, 15) is 13.2 Å². The molecule has 0 amide bonds. The lowest BCUT2D eigenvalue weighted by Gasteiger charge is -2.09. The zero-order valence-electron chi connectivity index (χ0n) is 9.83. The smallest absolute Gasteiger partial charge is 0.361 e. The molecule has 0 aliphatic carbocycles. The highest BCUT2D eigenvalue weighted by Crippen LogP contribution is 2.39. The average Bonchev–Trinajstić information content (AvgIpc) is 2.82. The molecule has 3 aromatic rings. The van der Waals surface area contributed by atoms with E-state index in [0.29, 0.717) is 11.1 Å². The van der Waals surface area contributed by atoms with Crippen molar-refractivity contribution in [3.63, 3.8) is 0 Å². The first-order valence-electron chi connectivity index (χ1n) is 5.80. The molecule has 1 nitrogen and oxygen atoms in total. The number of H-pyrrole nitrogens is 1. The highest BCUT2D eigenvalue weighted by Gasteiger charge is 2.33. The molecule has 1 aromatic heterocycles. The van der Waals surface area contributed by atoms with Gasteiger partial charge in [-0.25, -0.2) is 0 Å². The van der Waals surface area contributed by atoms with Crippen LogP contribution in [0.2, 0.25) is 0 Å². The van der Waals surface area contributed by atoms with Crippen molar-refractivity contribution in [2.75, 3.05) is 0 Å². The Kier molecular flexibility index (Phi) is 2.59. The molecule has 0 bridgehead atoms. The van der Waals surface area contributed by atoms with Crippen molar-refractivity contribution in [2.45, 2.75) is 6.18 Å². The van der Waals surface area contributed by atoms with Crippen LogP contribution in [0, 0.1) is 0 Å². The first-order chi connectivity index (χ1) is 9.07. The minimum Gasteiger partial charge on any atom is -0.361 e. The maximum Gasteiger partial charge on any atom is 0.417 e. The molecule has 0 unspecified atom stereocenters. The predicted octanol–water partition coefficient (Wildman–Crippen LogP) is 4.85. The average molecular weight is 261 g/mol. The lowest BCUT2D eigenvalue weighted by atomic mass is 10.0. The number of fused-ring (bicyclic) bond motifs is 1. The fourth-order valence-electron chi connectivity index (χ4n) is 2.27. The largest absolute Gasteiger partial charge is 0.417 e. The molecule has 0 saturated heterocycles. The summed E-state index contributed by atoms with van der Waals surface area (Å²) in [6, 6.07) is 13.2. The Hall–Kier alpha value is -2.23. The summed E-state index contributed by atoms with van der Waals surface area (Å²) in [5, 5.41) is 0.223. The van der Waals surface area contributed by atoms with Gasteiger partial charge in [0.1, 0.15) is 0 Å². The molecule has 0 aliphatic rings. The van der Waals surface area contributed by atoms with Gasteiger partial charge in [0.25, 0.3) is 0 Å². The number of aromatic nitrogens is 1. The van der Waals surface area contributed by atoms with E-state index in [2.05, 4.69) is 4.98 Å². The Morgan fingerprint density at radius 2 is 1.58 bits per heavy atom. The Balaban J connectivity index is 2.33. The summed E-state index contributed by atoms with van der Waals surface area (Å²) in [5.74, 6) is 0. The summed E-state index contributed by atoms with van der Waals surface area (Å²) in [6.07, 6.45) is -2.74. The summed E-state index contributed by atoms with van der Waals surface area (Å²) in [5.41, 5.74) is 1.23. The van der Waals surface area contributed by atoms with E-state index in [1.807, 2.05) is 18.2 Å². The van der Waals surface area contributed by atoms with Gasteiger partial charge in [-0.05, 0) is 17.7 Å². The van der Waals surface area contributed by atoms with Crippen LogP contribution in [-0.2, 0) is 6.18 Å². The van der Waals surface area contributed by atoms with Crippen LogP contribution < -0.4 is 0 Å². The van der Waals surface area contributed by atoms with Crippen LogP contribution in [0.1, 0.15) is 5.56 Å². The minimum absolute atomic E-state index is 0.223. The second-order valence-electron chi connectivity index (χ2n) is 4.29. The fraction of sp³-hybridized carbons (Fsp3) is 0.0667. The SMILES string of the molecule is FC(F)(F)c1cccc2[nH]cc(-c3ccccc3)c12. The van der Waals surface area contributed by atoms with Gasteiger partial charge in [0, 0.05) is 22.7 Å². The van der Waals surface area contributed by atoms with E-state index in [0.717, 1.165) is 11.6 Å². The monoisotopic (exact) mass is 261 g/mol. The molecule has 96 valence electrons. The van der Waals surface area contributed by atoms with Crippen molar-refractivity contribution >= 4 is 10.9 Å². The highest BCUT2D eigenvalue weighted by atomic mass is 19.4. The molecule has 0 saturated carbocycles. The van der Waals surface area contributed by atoms with Gasteiger partial charge in [-0.2, -0.15) is 13.2 Å². The molecule has 0 radical (unpaired) electrons. The van der Waals surface area contributed by atoms with Crippen LogP contribution in [0.3, 0.4) is 0 Å². The summed E-state index contributed by atoms with van der Waals surface area (Å²) in [4.78, 5) is 2.90. The third kappa shape index (κ3) is 1.99. The molecule has 0 spiro atoms. The van der Waals surface area contributed by atoms with Gasteiger partial charge in [-0.3, -0.25) is 0 Å². The molecular formula is C15H10F3N. The zero-order valence-corrected chi connectivity index (χ0v) is 9.83. The van der Waals surface area contributed by atoms with Crippen molar-refractivity contribution in [3.8, 4) is 11.1 Å². The molecule has 2 aromatic carbocycles. The van der Waals surface area contributed by atoms with E-state index in [4.69, 9.17) is 0 Å². The van der Waals surface area contributed by atoms with Crippen LogP contribution in [0.15, 0.2) is 54.7 Å². The van der Waals surface area contributed by atoms with Crippen LogP contribution in [0.4, 0.5) is 13.2 Å². The van der Waals surface area contributed by atoms with Crippen molar-refractivity contribution in [2.24, 2.45) is 0 Å². The van der Waals surface area contributed by atoms with Gasteiger partial charge in [0.2, 0.25) is 0 Å². The van der Waals surface area contributed by atoms with Crippen molar-refractivity contribution in [3.05, 3.63) is 60.3 Å². The van der Waals surface area contributed by atoms with E-state index in [1.165, 1.54) is 6.07 Å². The molecule has 0 aliphatic heterocycles. The Morgan fingerprint density at radius 1 is 0.842 bits per heavy atom. The number of halogens is 3. The van der Waals surface area contributed by atoms with E-state index in [-0.39, 0.29) is 5.39 Å². The summed E-state index contributed by atoms with van der Waals surface area (Å²) >= 11 is 0. The topological polar surface area (TPSA) is 15.8 Å². The predicted molar refractivity (Wildman–Crippen MR) is 68.7 cm³/mol. The number of nitrogens with one attached hydrogen (secondary N) is 1. The second kappa shape index (κ2) is 4.16. The van der Waals surface area contributed by atoms with Crippen LogP contribution in [0.5, 0.6) is 0 Å². The lowest BCUT2D eigenvalue weighted by Crippen LogP contribution is -2.05. The van der Waals surface area contributed by atoms with Gasteiger partial charge < -0.3 is 4.98 Å². The number of alkyl halides is 3. The zero-order chi connectivity index (χ0) is 13.5. The molecule has 3 rings (SSSR count). The lowest BCUT2D eigenvalue weighted by molar-refractivity contribution is -0.136. The van der Waals surface area contributed by atoms with Gasteiger partial charge in [-0.1, -0.05) is 36.4 Å². The minimum atomic E-state index is -4.36. The van der Waals surface area contributed by atoms with Crippen molar-refractivity contribution in [1.29, 1.82) is 0 Å². The quantitative estimate of drug-likeness (QED) is 0.644. The van der Waals surface area contributed by atoms with Crippen LogP contribution in [-0.4, -0.2) is 4.98 Å². The summed E-state index contributed by atoms with van der Waals surface area (Å²) < 4.78 is 39.2. The normalized spacial score (nSPS) is 11.9. The van der Waals surface area contributed by atoms with Gasteiger partial charge >= 0.3 is 6.18 Å². The first kappa shape index (κ1) is 11.8. The van der Waals surface area contributed by atoms with Crippen LogP contribution >= 0.6 is 0 Å². The maximum absolute atomic E-state index is 13.1. The molecule has 0 atom stereocenters. The molecule has 4 heteroatoms. The summed E-state index contributed by atoms with van der Waals surface area (Å²) in [7, 11) is 0. The third-order valence-corrected chi connectivity index (χ3v) is 3.10. The first-order valence-corrected chi connectivity index (χ1v) is 5.80. The maximum atomic E-state index is 13.1. The highest BCUT2D eigenvalue weighted by molar-refractivity contribution is 5.98. The van der Waals surface area contributed by atoms with Gasteiger partial charge in [0.15, 0.2) is 0 Å². The van der Waals surface area contributed by atoms with Gasteiger partial charge in [0.05, 0.1) is 5.56 Å². The van der Waals surface area contributed by atoms with E-state index in [1.54, 1.807) is 24.4 Å². The molecule has 0 fully saturated rings. The molecule has 1 heterocycles.